The summed E-state index contributed by atoms with van der Waals surface area (Å²) >= 11 is 0. The normalized spacial score (nSPS) is 36.2. The highest BCUT2D eigenvalue weighted by atomic mass is 31.2. The van der Waals surface area contributed by atoms with Crippen molar-refractivity contribution in [2.45, 2.75) is 122 Å². The molecule has 7 nitrogen and oxygen atoms in total. The molecule has 0 radical (unpaired) electrons. The fourth-order valence-corrected chi connectivity index (χ4v) is 11.0. The van der Waals surface area contributed by atoms with Crippen LogP contribution in [0.2, 0.25) is 0 Å². The molecule has 2 saturated heterocycles. The average Bonchev–Trinajstić information content (AvgIpc) is 2.91. The van der Waals surface area contributed by atoms with Crippen molar-refractivity contribution >= 4 is 24.9 Å². The van der Waals surface area contributed by atoms with E-state index in [4.69, 9.17) is 9.05 Å². The monoisotopic (exact) mass is 571 g/mol. The number of amides is 1. The van der Waals surface area contributed by atoms with Gasteiger partial charge in [-0.25, -0.2) is 0 Å². The number of carbonyl (C=O) groups is 1. The molecule has 3 aliphatic heterocycles. The molecule has 40 heavy (non-hydrogen) atoms. The second kappa shape index (κ2) is 12.1. The SMILES string of the molecule is CCOP(=O)(CCC1Nc2ccccc2N([C@H]2C[C@H]3CCC[C@@H](C2)N3[C@H]2C[C@@H]3C[C@@H](C)C[C@@H](C3)C2)C1=O)OCC. The van der Waals surface area contributed by atoms with Gasteiger partial charge < -0.3 is 19.3 Å². The maximum Gasteiger partial charge on any atom is 0.330 e. The van der Waals surface area contributed by atoms with E-state index in [1.165, 1.54) is 51.4 Å². The fraction of sp³-hybridized carbons (Fsp3) is 0.781. The van der Waals surface area contributed by atoms with Crippen LogP contribution in [0.3, 0.4) is 0 Å². The number of benzene rings is 1. The van der Waals surface area contributed by atoms with Gasteiger partial charge in [0.2, 0.25) is 5.91 Å². The molecule has 4 fully saturated rings. The molecule has 3 heterocycles. The first-order chi connectivity index (χ1) is 19.4. The van der Waals surface area contributed by atoms with Gasteiger partial charge in [0.1, 0.15) is 6.04 Å². The number of nitrogens with zero attached hydrogens (tertiary/aromatic N) is 2. The van der Waals surface area contributed by atoms with E-state index in [0.29, 0.717) is 31.7 Å². The fourth-order valence-electron chi connectivity index (χ4n) is 9.35. The van der Waals surface area contributed by atoms with E-state index < -0.39 is 13.6 Å². The Morgan fingerprint density at radius 1 is 0.875 bits per heavy atom. The molecule has 5 aliphatic rings. The summed E-state index contributed by atoms with van der Waals surface area (Å²) in [6.45, 7) is 6.79. The Labute approximate surface area is 241 Å². The molecule has 1 N–H and O–H groups in total. The Balaban J connectivity index is 1.20. The van der Waals surface area contributed by atoms with Crippen LogP contribution in [-0.4, -0.2) is 60.4 Å². The van der Waals surface area contributed by atoms with Crippen molar-refractivity contribution in [1.82, 2.24) is 4.90 Å². The number of rotatable bonds is 9. The van der Waals surface area contributed by atoms with Crippen LogP contribution in [0.5, 0.6) is 0 Å². The van der Waals surface area contributed by atoms with Gasteiger partial charge in [-0.1, -0.05) is 25.5 Å². The average molecular weight is 572 g/mol. The van der Waals surface area contributed by atoms with Crippen molar-refractivity contribution in [3.63, 3.8) is 0 Å². The van der Waals surface area contributed by atoms with Crippen LogP contribution < -0.4 is 10.2 Å². The van der Waals surface area contributed by atoms with Crippen LogP contribution in [0.25, 0.3) is 0 Å². The van der Waals surface area contributed by atoms with Gasteiger partial charge in [-0.15, -0.1) is 0 Å². The number of hydrogen-bond acceptors (Lipinski definition) is 6. The molecule has 0 aromatic heterocycles. The lowest BCUT2D eigenvalue weighted by Gasteiger charge is -2.57. The van der Waals surface area contributed by atoms with Crippen LogP contribution in [-0.2, 0) is 18.4 Å². The van der Waals surface area contributed by atoms with Gasteiger partial charge in [-0.2, -0.15) is 0 Å². The van der Waals surface area contributed by atoms with Gasteiger partial charge in [0, 0.05) is 24.2 Å². The van der Waals surface area contributed by atoms with Crippen molar-refractivity contribution in [2.24, 2.45) is 17.8 Å². The molecule has 8 atom stereocenters. The number of para-hydroxylation sites is 2. The summed E-state index contributed by atoms with van der Waals surface area (Å²) in [6.07, 6.45) is 13.7. The molecule has 1 unspecified atom stereocenters. The van der Waals surface area contributed by atoms with Gasteiger partial charge in [-0.05, 0) is 108 Å². The van der Waals surface area contributed by atoms with Crippen molar-refractivity contribution in [1.29, 1.82) is 0 Å². The van der Waals surface area contributed by atoms with Crippen molar-refractivity contribution in [2.75, 3.05) is 29.6 Å². The molecule has 222 valence electrons. The molecule has 8 heteroatoms. The van der Waals surface area contributed by atoms with E-state index in [-0.39, 0.29) is 18.1 Å². The lowest BCUT2D eigenvalue weighted by Crippen LogP contribution is -2.63. The zero-order valence-corrected chi connectivity index (χ0v) is 25.7. The summed E-state index contributed by atoms with van der Waals surface area (Å²) in [5, 5.41) is 3.48. The van der Waals surface area contributed by atoms with Gasteiger partial charge in [0.15, 0.2) is 0 Å². The van der Waals surface area contributed by atoms with Crippen LogP contribution in [0, 0.1) is 17.8 Å². The van der Waals surface area contributed by atoms with E-state index in [0.717, 1.165) is 48.0 Å². The van der Waals surface area contributed by atoms with E-state index in [9.17, 15) is 9.36 Å². The number of fused-ring (bicyclic) bond motifs is 5. The number of carbonyl (C=O) groups excluding carboxylic acids is 1. The number of nitrogens with one attached hydrogen (secondary N) is 1. The Bertz CT molecular complexity index is 1060. The molecule has 1 aromatic carbocycles. The third kappa shape index (κ3) is 5.78. The van der Waals surface area contributed by atoms with Gasteiger partial charge >= 0.3 is 7.60 Å². The third-order valence-corrected chi connectivity index (χ3v) is 12.6. The minimum atomic E-state index is -3.22. The first-order valence-electron chi connectivity index (χ1n) is 16.2. The Kier molecular flexibility index (Phi) is 8.66. The van der Waals surface area contributed by atoms with Gasteiger partial charge in [0.25, 0.3) is 0 Å². The molecule has 1 amide bonds. The van der Waals surface area contributed by atoms with Crippen LogP contribution >= 0.6 is 7.60 Å². The van der Waals surface area contributed by atoms with Crippen LogP contribution in [0.1, 0.15) is 91.4 Å². The summed E-state index contributed by atoms with van der Waals surface area (Å²) in [5.74, 6) is 2.84. The Morgan fingerprint density at radius 3 is 2.17 bits per heavy atom. The smallest absolute Gasteiger partial charge is 0.330 e. The van der Waals surface area contributed by atoms with Crippen LogP contribution in [0.15, 0.2) is 24.3 Å². The molecule has 0 spiro atoms. The summed E-state index contributed by atoms with van der Waals surface area (Å²) in [5.41, 5.74) is 2.00. The maximum atomic E-state index is 14.2. The standard InChI is InChI=1S/C32H50N3O4P/c1-4-38-40(37,39-5-2)14-13-30-32(36)35(31-12-7-6-11-29(31)33-30)28-20-25-9-8-10-26(21-28)34(25)27-18-23-15-22(3)16-24(17-23)19-27/h6-7,11-12,22-28,30,33H,4-5,8-10,13-21H2,1-3H3/t22-,23-,24+,25-,26+,27+,28+,30?. The minimum absolute atomic E-state index is 0.107. The summed E-state index contributed by atoms with van der Waals surface area (Å²) in [7, 11) is -3.22. The highest BCUT2D eigenvalue weighted by Crippen LogP contribution is 2.51. The predicted octanol–water partition coefficient (Wildman–Crippen LogP) is 7.07. The molecule has 2 aliphatic carbocycles. The molecule has 4 bridgehead atoms. The second-order valence-corrected chi connectivity index (χ2v) is 15.5. The number of anilines is 2. The quantitative estimate of drug-likeness (QED) is 0.320. The van der Waals surface area contributed by atoms with E-state index >= 15 is 0 Å². The first kappa shape index (κ1) is 28.7. The Hall–Kier alpha value is -1.40. The van der Waals surface area contributed by atoms with E-state index in [1.807, 2.05) is 26.0 Å². The van der Waals surface area contributed by atoms with Crippen LogP contribution in [0.4, 0.5) is 11.4 Å². The van der Waals surface area contributed by atoms with E-state index in [2.05, 4.69) is 34.2 Å². The third-order valence-electron chi connectivity index (χ3n) is 10.5. The number of piperidine rings is 2. The maximum absolute atomic E-state index is 14.2. The largest absolute Gasteiger partial charge is 0.372 e. The number of hydrogen-bond donors (Lipinski definition) is 1. The lowest BCUT2D eigenvalue weighted by atomic mass is 9.65. The molecule has 6 rings (SSSR count). The lowest BCUT2D eigenvalue weighted by molar-refractivity contribution is -0.121. The summed E-state index contributed by atoms with van der Waals surface area (Å²) in [6, 6.07) is 9.89. The van der Waals surface area contributed by atoms with Crippen molar-refractivity contribution in [3.05, 3.63) is 24.3 Å². The van der Waals surface area contributed by atoms with E-state index in [1.54, 1.807) is 0 Å². The highest BCUT2D eigenvalue weighted by Gasteiger charge is 2.48. The summed E-state index contributed by atoms with van der Waals surface area (Å²) < 4.78 is 24.3. The molecule has 2 saturated carbocycles. The second-order valence-electron chi connectivity index (χ2n) is 13.4. The summed E-state index contributed by atoms with van der Waals surface area (Å²) in [4.78, 5) is 19.3. The minimum Gasteiger partial charge on any atom is -0.372 e. The van der Waals surface area contributed by atoms with Crippen molar-refractivity contribution < 1.29 is 18.4 Å². The molecular weight excluding hydrogens is 521 g/mol. The molecular formula is C32H50N3O4P. The molecule has 1 aromatic rings. The predicted molar refractivity (Wildman–Crippen MR) is 161 cm³/mol. The first-order valence-corrected chi connectivity index (χ1v) is 17.9. The van der Waals surface area contributed by atoms with Gasteiger partial charge in [0.05, 0.1) is 30.8 Å². The van der Waals surface area contributed by atoms with Crippen molar-refractivity contribution in [3.8, 4) is 0 Å². The Morgan fingerprint density at radius 2 is 1.52 bits per heavy atom. The topological polar surface area (TPSA) is 71.1 Å². The highest BCUT2D eigenvalue weighted by molar-refractivity contribution is 7.53. The zero-order valence-electron chi connectivity index (χ0n) is 24.8. The van der Waals surface area contributed by atoms with Gasteiger partial charge in [-0.3, -0.25) is 14.3 Å². The zero-order chi connectivity index (χ0) is 27.9.